The van der Waals surface area contributed by atoms with Crippen LogP contribution in [0.2, 0.25) is 0 Å². The normalized spacial score (nSPS) is 19.6. The maximum absolute atomic E-state index is 2.63. The van der Waals surface area contributed by atoms with E-state index in [1.807, 2.05) is 11.3 Å². The molecule has 2 rings (SSSR count). The number of rotatable bonds is 6. The molecular weight excluding hydrogens is 278 g/mol. The van der Waals surface area contributed by atoms with E-state index in [1.165, 1.54) is 36.4 Å². The van der Waals surface area contributed by atoms with Gasteiger partial charge in [0.2, 0.25) is 0 Å². The summed E-state index contributed by atoms with van der Waals surface area (Å²) in [5.41, 5.74) is 1.45. The Morgan fingerprint density at radius 2 is 1.90 bits per heavy atom. The third-order valence-electron chi connectivity index (χ3n) is 4.72. The molecule has 120 valence electrons. The molecule has 1 saturated heterocycles. The van der Waals surface area contributed by atoms with Crippen LogP contribution in [0.15, 0.2) is 11.4 Å². The lowest BCUT2D eigenvalue weighted by Crippen LogP contribution is -2.41. The van der Waals surface area contributed by atoms with Gasteiger partial charge in [0.05, 0.1) is 0 Å². The average Bonchev–Trinajstić information content (AvgIpc) is 2.85. The largest absolute Gasteiger partial charge is 0.306 e. The van der Waals surface area contributed by atoms with Gasteiger partial charge >= 0.3 is 0 Å². The minimum atomic E-state index is 0.709. The number of nitrogens with zero attached hydrogens (tertiary/aromatic N) is 3. The molecule has 4 heteroatoms. The monoisotopic (exact) mass is 309 g/mol. The summed E-state index contributed by atoms with van der Waals surface area (Å²) in [5.74, 6) is 0.865. The van der Waals surface area contributed by atoms with E-state index < -0.39 is 0 Å². The van der Waals surface area contributed by atoms with Crippen molar-refractivity contribution >= 4 is 11.3 Å². The predicted molar refractivity (Wildman–Crippen MR) is 92.9 cm³/mol. The maximum Gasteiger partial charge on any atom is 0.0328 e. The van der Waals surface area contributed by atoms with Crippen LogP contribution in [0.4, 0.5) is 0 Å². The quantitative estimate of drug-likeness (QED) is 0.800. The van der Waals surface area contributed by atoms with Crippen molar-refractivity contribution < 1.29 is 0 Å². The fourth-order valence-electron chi connectivity index (χ4n) is 3.19. The third kappa shape index (κ3) is 5.06. The van der Waals surface area contributed by atoms with Crippen molar-refractivity contribution in [2.45, 2.75) is 38.9 Å². The summed E-state index contributed by atoms with van der Waals surface area (Å²) in [5, 5.41) is 2.32. The Balaban J connectivity index is 1.79. The summed E-state index contributed by atoms with van der Waals surface area (Å²) in [6, 6.07) is 3.10. The van der Waals surface area contributed by atoms with Crippen molar-refractivity contribution in [2.75, 3.05) is 41.3 Å². The van der Waals surface area contributed by atoms with Gasteiger partial charge in [0.1, 0.15) is 0 Å². The number of hydrogen-bond donors (Lipinski definition) is 0. The van der Waals surface area contributed by atoms with Gasteiger partial charge in [-0.25, -0.2) is 0 Å². The highest BCUT2D eigenvalue weighted by molar-refractivity contribution is 7.10. The van der Waals surface area contributed by atoms with E-state index >= 15 is 0 Å². The summed E-state index contributed by atoms with van der Waals surface area (Å²) in [4.78, 5) is 8.75. The van der Waals surface area contributed by atoms with E-state index in [-0.39, 0.29) is 0 Å². The molecule has 0 saturated carbocycles. The van der Waals surface area contributed by atoms with Crippen molar-refractivity contribution in [2.24, 2.45) is 5.92 Å². The molecule has 0 aromatic carbocycles. The summed E-state index contributed by atoms with van der Waals surface area (Å²) in [7, 11) is 8.67. The second-order valence-electron chi connectivity index (χ2n) is 6.98. The molecule has 3 nitrogen and oxygen atoms in total. The molecule has 0 aliphatic carbocycles. The Morgan fingerprint density at radius 1 is 1.24 bits per heavy atom. The minimum absolute atomic E-state index is 0.709. The van der Waals surface area contributed by atoms with Gasteiger partial charge in [-0.1, -0.05) is 0 Å². The van der Waals surface area contributed by atoms with Gasteiger partial charge in [-0.15, -0.1) is 11.3 Å². The van der Waals surface area contributed by atoms with E-state index in [0.29, 0.717) is 6.04 Å². The standard InChI is InChI=1S/C17H31N3S/c1-14(19(4)5)16-6-8-20(9-7-16)12-17-10-15(13-21-17)11-18(2)3/h10,13-14,16H,6-9,11-12H2,1-5H3. The van der Waals surface area contributed by atoms with Crippen molar-refractivity contribution in [1.29, 1.82) is 0 Å². The first-order chi connectivity index (χ1) is 9.95. The molecule has 1 atom stereocenters. The van der Waals surface area contributed by atoms with Gasteiger partial charge in [0.25, 0.3) is 0 Å². The topological polar surface area (TPSA) is 9.72 Å². The van der Waals surface area contributed by atoms with E-state index in [9.17, 15) is 0 Å². The van der Waals surface area contributed by atoms with Crippen LogP contribution in [0, 0.1) is 5.92 Å². The van der Waals surface area contributed by atoms with Crippen LogP contribution in [-0.2, 0) is 13.1 Å². The van der Waals surface area contributed by atoms with E-state index in [4.69, 9.17) is 0 Å². The van der Waals surface area contributed by atoms with Crippen LogP contribution in [-0.4, -0.2) is 62.0 Å². The fraction of sp³-hybridized carbons (Fsp3) is 0.765. The molecule has 0 spiro atoms. The average molecular weight is 310 g/mol. The first-order valence-electron chi connectivity index (χ1n) is 8.05. The van der Waals surface area contributed by atoms with Gasteiger partial charge in [-0.05, 0) is 84.0 Å². The molecule has 1 aromatic heterocycles. The summed E-state index contributed by atoms with van der Waals surface area (Å²) in [6.45, 7) is 7.07. The summed E-state index contributed by atoms with van der Waals surface area (Å²) in [6.07, 6.45) is 2.69. The lowest BCUT2D eigenvalue weighted by molar-refractivity contribution is 0.122. The molecule has 1 unspecified atom stereocenters. The van der Waals surface area contributed by atoms with Crippen LogP contribution in [0.1, 0.15) is 30.2 Å². The molecule has 0 N–H and O–H groups in total. The second-order valence-corrected chi connectivity index (χ2v) is 7.97. The molecule has 21 heavy (non-hydrogen) atoms. The van der Waals surface area contributed by atoms with Crippen molar-refractivity contribution in [1.82, 2.24) is 14.7 Å². The zero-order chi connectivity index (χ0) is 15.4. The zero-order valence-corrected chi connectivity index (χ0v) is 15.1. The molecule has 0 bridgehead atoms. The van der Waals surface area contributed by atoms with Crippen molar-refractivity contribution in [3.05, 3.63) is 21.9 Å². The van der Waals surface area contributed by atoms with Gasteiger partial charge in [-0.2, -0.15) is 0 Å². The lowest BCUT2D eigenvalue weighted by atomic mass is 9.90. The van der Waals surface area contributed by atoms with E-state index in [0.717, 1.165) is 19.0 Å². The lowest BCUT2D eigenvalue weighted by Gasteiger charge is -2.37. The molecular formula is C17H31N3S. The van der Waals surface area contributed by atoms with Crippen molar-refractivity contribution in [3.63, 3.8) is 0 Å². The van der Waals surface area contributed by atoms with E-state index in [2.05, 4.69) is 61.3 Å². The number of likely N-dealkylation sites (tertiary alicyclic amines) is 1. The van der Waals surface area contributed by atoms with Crippen LogP contribution < -0.4 is 0 Å². The number of thiophene rings is 1. The first-order valence-corrected chi connectivity index (χ1v) is 8.93. The molecule has 0 amide bonds. The Kier molecular flexibility index (Phi) is 6.23. The highest BCUT2D eigenvalue weighted by atomic mass is 32.1. The van der Waals surface area contributed by atoms with Gasteiger partial charge < -0.3 is 9.80 Å². The van der Waals surface area contributed by atoms with Gasteiger partial charge in [-0.3, -0.25) is 4.90 Å². The SMILES string of the molecule is CC(C1CCN(Cc2cc(CN(C)C)cs2)CC1)N(C)C. The molecule has 1 fully saturated rings. The van der Waals surface area contributed by atoms with Gasteiger partial charge in [0.15, 0.2) is 0 Å². The molecule has 1 aliphatic heterocycles. The van der Waals surface area contributed by atoms with Crippen LogP contribution in [0.25, 0.3) is 0 Å². The predicted octanol–water partition coefficient (Wildman–Crippen LogP) is 2.97. The van der Waals surface area contributed by atoms with Gasteiger partial charge in [0, 0.05) is 24.0 Å². The van der Waals surface area contributed by atoms with Crippen LogP contribution in [0.3, 0.4) is 0 Å². The fourth-order valence-corrected chi connectivity index (χ4v) is 4.11. The summed E-state index contributed by atoms with van der Waals surface area (Å²) < 4.78 is 0. The van der Waals surface area contributed by atoms with Crippen LogP contribution in [0.5, 0.6) is 0 Å². The molecule has 0 radical (unpaired) electrons. The Labute approximate surface area is 134 Å². The first kappa shape index (κ1) is 16.9. The Bertz CT molecular complexity index is 419. The number of piperidine rings is 1. The smallest absolute Gasteiger partial charge is 0.0328 e. The molecule has 1 aliphatic rings. The number of hydrogen-bond acceptors (Lipinski definition) is 4. The van der Waals surface area contributed by atoms with E-state index in [1.54, 1.807) is 0 Å². The molecule has 1 aromatic rings. The van der Waals surface area contributed by atoms with Crippen LogP contribution >= 0.6 is 11.3 Å². The summed E-state index contributed by atoms with van der Waals surface area (Å²) >= 11 is 1.92. The maximum atomic E-state index is 2.63. The third-order valence-corrected chi connectivity index (χ3v) is 5.69. The Hall–Kier alpha value is -0.420. The van der Waals surface area contributed by atoms with Crippen molar-refractivity contribution in [3.8, 4) is 0 Å². The highest BCUT2D eigenvalue weighted by Crippen LogP contribution is 2.25. The zero-order valence-electron chi connectivity index (χ0n) is 14.3. The Morgan fingerprint density at radius 3 is 2.48 bits per heavy atom. The molecule has 2 heterocycles. The second kappa shape index (κ2) is 7.73. The minimum Gasteiger partial charge on any atom is -0.306 e. The highest BCUT2D eigenvalue weighted by Gasteiger charge is 2.25.